The molecular formula is C24H19Cl2F4N7O3. The summed E-state index contributed by atoms with van der Waals surface area (Å²) < 4.78 is 55.3. The Morgan fingerprint density at radius 3 is 2.50 bits per heavy atom. The second-order valence-corrected chi connectivity index (χ2v) is 9.86. The molecule has 1 amide bonds. The zero-order chi connectivity index (χ0) is 28.8. The Balaban J connectivity index is 1.47. The lowest BCUT2D eigenvalue weighted by molar-refractivity contribution is -0.207. The number of carbonyl (C=O) groups excluding carboxylic acids is 1. The monoisotopic (exact) mass is 599 g/mol. The molecule has 0 radical (unpaired) electrons. The van der Waals surface area contributed by atoms with Crippen LogP contribution in [0.15, 0.2) is 53.6 Å². The minimum atomic E-state index is -4.97. The van der Waals surface area contributed by atoms with Crippen LogP contribution in [-0.4, -0.2) is 64.6 Å². The molecule has 1 aliphatic rings. The third-order valence-electron chi connectivity index (χ3n) is 6.08. The smallest absolute Gasteiger partial charge is 0.382 e. The molecule has 2 aromatic heterocycles. The van der Waals surface area contributed by atoms with Gasteiger partial charge in [0.25, 0.3) is 5.91 Å². The Kier molecular flexibility index (Phi) is 7.42. The Morgan fingerprint density at radius 2 is 1.85 bits per heavy atom. The number of aliphatic hydroxyl groups is 1. The van der Waals surface area contributed by atoms with Crippen molar-refractivity contribution < 1.29 is 27.5 Å². The molecule has 0 bridgehead atoms. The number of para-hydroxylation sites is 1. The number of hydrogen-bond acceptors (Lipinski definition) is 6. The molecule has 2 unspecified atom stereocenters. The number of nitrogens with one attached hydrogen (secondary N) is 1. The van der Waals surface area contributed by atoms with Crippen molar-refractivity contribution in [1.29, 1.82) is 0 Å². The third-order valence-corrected chi connectivity index (χ3v) is 6.64. The lowest BCUT2D eigenvalue weighted by Gasteiger charge is -2.15. The van der Waals surface area contributed by atoms with Gasteiger partial charge in [-0.1, -0.05) is 29.3 Å². The molecule has 40 heavy (non-hydrogen) atoms. The van der Waals surface area contributed by atoms with E-state index in [1.54, 1.807) is 0 Å². The van der Waals surface area contributed by atoms with Crippen molar-refractivity contribution in [1.82, 2.24) is 34.4 Å². The summed E-state index contributed by atoms with van der Waals surface area (Å²) in [5, 5.41) is 21.1. The second-order valence-electron chi connectivity index (χ2n) is 9.01. The van der Waals surface area contributed by atoms with E-state index in [4.69, 9.17) is 23.2 Å². The maximum atomic E-state index is 13.3. The van der Waals surface area contributed by atoms with Gasteiger partial charge in [-0.25, -0.2) is 23.5 Å². The third kappa shape index (κ3) is 5.74. The van der Waals surface area contributed by atoms with Crippen molar-refractivity contribution in [2.24, 2.45) is 0 Å². The number of benzene rings is 2. The molecule has 3 atom stereocenters. The van der Waals surface area contributed by atoms with E-state index < -0.39 is 42.6 Å². The first-order valence-electron chi connectivity index (χ1n) is 11.7. The molecule has 0 saturated heterocycles. The SMILES string of the molecule is O=C(NC1CC1F)c1cccc(Cl)c1-n1cnc(Cn2nc(-c3ccc(Cl)cc3)n(C[C@H](O)C(F)(F)F)c2=O)n1. The van der Waals surface area contributed by atoms with Crippen LogP contribution in [0.1, 0.15) is 22.6 Å². The Bertz CT molecular complexity index is 1620. The van der Waals surface area contributed by atoms with E-state index >= 15 is 0 Å². The van der Waals surface area contributed by atoms with Crippen LogP contribution < -0.4 is 11.0 Å². The van der Waals surface area contributed by atoms with E-state index in [1.807, 2.05) is 0 Å². The van der Waals surface area contributed by atoms with Gasteiger partial charge in [0.1, 0.15) is 19.0 Å². The summed E-state index contributed by atoms with van der Waals surface area (Å²) in [7, 11) is 0. The number of hydrogen-bond donors (Lipinski definition) is 2. The highest BCUT2D eigenvalue weighted by Gasteiger charge is 2.40. The molecule has 16 heteroatoms. The fraction of sp³-hybridized carbons (Fsp3) is 0.292. The molecule has 2 N–H and O–H groups in total. The van der Waals surface area contributed by atoms with Gasteiger partial charge in [0.05, 0.1) is 28.9 Å². The van der Waals surface area contributed by atoms with Gasteiger partial charge in [0.15, 0.2) is 17.8 Å². The van der Waals surface area contributed by atoms with Gasteiger partial charge in [-0.05, 0) is 36.4 Å². The number of halogens is 6. The molecule has 2 heterocycles. The van der Waals surface area contributed by atoms with Crippen LogP contribution >= 0.6 is 23.2 Å². The van der Waals surface area contributed by atoms with Crippen LogP contribution in [0, 0.1) is 0 Å². The number of nitrogens with zero attached hydrogens (tertiary/aromatic N) is 6. The summed E-state index contributed by atoms with van der Waals surface area (Å²) in [5.41, 5.74) is -0.404. The number of aromatic nitrogens is 6. The van der Waals surface area contributed by atoms with Gasteiger partial charge in [0.2, 0.25) is 0 Å². The topological polar surface area (TPSA) is 120 Å². The molecule has 210 valence electrons. The van der Waals surface area contributed by atoms with Crippen molar-refractivity contribution in [3.8, 4) is 17.1 Å². The quantitative estimate of drug-likeness (QED) is 0.300. The number of rotatable bonds is 8. The predicted octanol–water partition coefficient (Wildman–Crippen LogP) is 3.41. The molecule has 1 aliphatic carbocycles. The minimum absolute atomic E-state index is 0.0167. The van der Waals surface area contributed by atoms with E-state index in [0.29, 0.717) is 9.59 Å². The van der Waals surface area contributed by atoms with Gasteiger partial charge in [-0.2, -0.15) is 13.2 Å². The fourth-order valence-electron chi connectivity index (χ4n) is 3.90. The van der Waals surface area contributed by atoms with Crippen molar-refractivity contribution in [3.05, 3.63) is 80.7 Å². The largest absolute Gasteiger partial charge is 0.416 e. The Morgan fingerprint density at radius 1 is 1.15 bits per heavy atom. The molecule has 1 fully saturated rings. The number of alkyl halides is 4. The second kappa shape index (κ2) is 10.7. The van der Waals surface area contributed by atoms with E-state index in [2.05, 4.69) is 20.5 Å². The first kappa shape index (κ1) is 27.8. The lowest BCUT2D eigenvalue weighted by Crippen LogP contribution is -2.37. The summed E-state index contributed by atoms with van der Waals surface area (Å²) in [6.07, 6.45) is -7.45. The van der Waals surface area contributed by atoms with Crippen molar-refractivity contribution >= 4 is 29.1 Å². The highest BCUT2D eigenvalue weighted by atomic mass is 35.5. The fourth-order valence-corrected chi connectivity index (χ4v) is 4.29. The van der Waals surface area contributed by atoms with Crippen molar-refractivity contribution in [2.45, 2.75) is 44.0 Å². The molecule has 2 aromatic carbocycles. The van der Waals surface area contributed by atoms with Crippen LogP contribution in [0.25, 0.3) is 17.1 Å². The maximum absolute atomic E-state index is 13.3. The van der Waals surface area contributed by atoms with Crippen LogP contribution in [0.2, 0.25) is 10.0 Å². The highest BCUT2D eigenvalue weighted by Crippen LogP contribution is 2.28. The van der Waals surface area contributed by atoms with Crippen molar-refractivity contribution in [3.63, 3.8) is 0 Å². The molecule has 4 aromatic rings. The molecule has 0 aliphatic heterocycles. The normalized spacial score (nSPS) is 17.6. The van der Waals surface area contributed by atoms with Crippen LogP contribution in [0.3, 0.4) is 0 Å². The van der Waals surface area contributed by atoms with Crippen LogP contribution in [-0.2, 0) is 13.1 Å². The number of aliphatic hydroxyl groups excluding tert-OH is 1. The van der Waals surface area contributed by atoms with Crippen LogP contribution in [0.5, 0.6) is 0 Å². The molecule has 10 nitrogen and oxygen atoms in total. The maximum Gasteiger partial charge on any atom is 0.416 e. The molecular weight excluding hydrogens is 581 g/mol. The summed E-state index contributed by atoms with van der Waals surface area (Å²) in [6, 6.07) is 9.83. The van der Waals surface area contributed by atoms with Gasteiger partial charge in [-0.15, -0.1) is 10.2 Å². The van der Waals surface area contributed by atoms with Gasteiger partial charge < -0.3 is 10.4 Å². The van der Waals surface area contributed by atoms with Crippen molar-refractivity contribution in [2.75, 3.05) is 0 Å². The number of carbonyl (C=O) groups is 1. The summed E-state index contributed by atoms with van der Waals surface area (Å²) in [6.45, 7) is -1.46. The molecule has 5 rings (SSSR count). The first-order valence-corrected chi connectivity index (χ1v) is 12.5. The zero-order valence-corrected chi connectivity index (χ0v) is 21.7. The minimum Gasteiger partial charge on any atom is -0.382 e. The predicted molar refractivity (Wildman–Crippen MR) is 135 cm³/mol. The van der Waals surface area contributed by atoms with E-state index in [-0.39, 0.29) is 46.5 Å². The van der Waals surface area contributed by atoms with Gasteiger partial charge >= 0.3 is 11.9 Å². The standard InChI is InChI=1S/C24H19Cl2F4N7O3/c25-13-6-4-12(5-7-13)21-34-36(23(40)35(21)9-18(38)24(28,29)30)10-19-31-11-37(33-19)20-14(2-1-3-15(20)26)22(39)32-17-8-16(17)27/h1-7,11,16-18,38H,8-10H2,(H,32,39)/t16?,17?,18-/m0/s1. The average molecular weight is 600 g/mol. The van der Waals surface area contributed by atoms with E-state index in [9.17, 15) is 32.3 Å². The van der Waals surface area contributed by atoms with Gasteiger partial charge in [-0.3, -0.25) is 9.36 Å². The molecule has 1 saturated carbocycles. The number of amides is 1. The average Bonchev–Trinajstić information content (AvgIpc) is 3.26. The first-order chi connectivity index (χ1) is 18.9. The van der Waals surface area contributed by atoms with E-state index in [0.717, 1.165) is 4.68 Å². The zero-order valence-electron chi connectivity index (χ0n) is 20.2. The Labute approximate surface area is 232 Å². The van der Waals surface area contributed by atoms with Crippen LogP contribution in [0.4, 0.5) is 17.6 Å². The van der Waals surface area contributed by atoms with Gasteiger partial charge in [0, 0.05) is 17.0 Å². The summed E-state index contributed by atoms with van der Waals surface area (Å²) in [4.78, 5) is 29.9. The summed E-state index contributed by atoms with van der Waals surface area (Å²) in [5.74, 6) is -0.686. The van der Waals surface area contributed by atoms with E-state index in [1.165, 1.54) is 53.5 Å². The highest BCUT2D eigenvalue weighted by molar-refractivity contribution is 6.33. The summed E-state index contributed by atoms with van der Waals surface area (Å²) >= 11 is 12.2. The molecule has 0 spiro atoms. The lowest BCUT2D eigenvalue weighted by atomic mass is 10.1. The Hall–Kier alpha value is -3.75.